The van der Waals surface area contributed by atoms with E-state index >= 15 is 0 Å². The number of nitrogens with zero attached hydrogens (tertiary/aromatic N) is 1. The largest absolute Gasteiger partial charge is 0.497 e. The van der Waals surface area contributed by atoms with E-state index in [2.05, 4.69) is 4.98 Å². The second-order valence-electron chi connectivity index (χ2n) is 5.32. The van der Waals surface area contributed by atoms with Crippen molar-refractivity contribution in [1.82, 2.24) is 4.98 Å². The molecule has 4 aromatic rings. The van der Waals surface area contributed by atoms with Crippen LogP contribution in [0.3, 0.4) is 0 Å². The first-order valence-corrected chi connectivity index (χ1v) is 7.43. The van der Waals surface area contributed by atoms with E-state index in [9.17, 15) is 0 Å². The number of para-hydroxylation sites is 1. The molecule has 0 atom stereocenters. The van der Waals surface area contributed by atoms with Crippen molar-refractivity contribution in [2.45, 2.75) is 0 Å². The minimum Gasteiger partial charge on any atom is -0.497 e. The second kappa shape index (κ2) is 5.61. The Morgan fingerprint density at radius 1 is 0.696 bits per heavy atom. The molecule has 0 aliphatic rings. The van der Waals surface area contributed by atoms with Gasteiger partial charge in [-0.2, -0.15) is 0 Å². The lowest BCUT2D eigenvalue weighted by molar-refractivity contribution is 0.415. The molecule has 23 heavy (non-hydrogen) atoms. The molecule has 0 amide bonds. The summed E-state index contributed by atoms with van der Waals surface area (Å²) in [6, 6.07) is 23.8. The van der Waals surface area contributed by atoms with Gasteiger partial charge in [0.25, 0.3) is 0 Å². The summed E-state index contributed by atoms with van der Waals surface area (Å²) in [5.41, 5.74) is 0.926. The van der Waals surface area contributed by atoms with E-state index in [4.69, 9.17) is 9.47 Å². The zero-order valence-corrected chi connectivity index (χ0v) is 12.7. The molecule has 0 saturated carbocycles. The first-order valence-electron chi connectivity index (χ1n) is 7.43. The van der Waals surface area contributed by atoms with Crippen molar-refractivity contribution >= 4 is 21.7 Å². The minimum atomic E-state index is 0.594. The van der Waals surface area contributed by atoms with Gasteiger partial charge in [-0.3, -0.25) is 0 Å². The van der Waals surface area contributed by atoms with E-state index in [0.29, 0.717) is 5.88 Å². The number of hydrogen-bond acceptors (Lipinski definition) is 3. The zero-order chi connectivity index (χ0) is 15.6. The highest BCUT2D eigenvalue weighted by Crippen LogP contribution is 2.28. The standard InChI is InChI=1S/C20H15NO2/c1-22-17-9-6-16-13-18(10-7-15(16)12-17)23-20-11-8-14-4-2-3-5-19(14)21-20/h2-13H,1H3. The number of pyridine rings is 1. The summed E-state index contributed by atoms with van der Waals surface area (Å²) in [6.45, 7) is 0. The molecule has 0 aliphatic heterocycles. The van der Waals surface area contributed by atoms with Crippen LogP contribution in [0.15, 0.2) is 72.8 Å². The van der Waals surface area contributed by atoms with Gasteiger partial charge in [-0.1, -0.05) is 30.3 Å². The highest BCUT2D eigenvalue weighted by molar-refractivity contribution is 5.85. The van der Waals surface area contributed by atoms with Gasteiger partial charge in [0.2, 0.25) is 5.88 Å². The van der Waals surface area contributed by atoms with Crippen molar-refractivity contribution in [2.24, 2.45) is 0 Å². The first kappa shape index (κ1) is 13.6. The molecule has 3 heteroatoms. The van der Waals surface area contributed by atoms with Gasteiger partial charge in [0.1, 0.15) is 11.5 Å². The maximum absolute atomic E-state index is 5.91. The van der Waals surface area contributed by atoms with Gasteiger partial charge >= 0.3 is 0 Å². The van der Waals surface area contributed by atoms with Crippen LogP contribution in [0, 0.1) is 0 Å². The SMILES string of the molecule is COc1ccc2cc(Oc3ccc4ccccc4n3)ccc2c1. The summed E-state index contributed by atoms with van der Waals surface area (Å²) in [7, 11) is 1.67. The highest BCUT2D eigenvalue weighted by atomic mass is 16.5. The smallest absolute Gasteiger partial charge is 0.219 e. The Labute approximate surface area is 134 Å². The van der Waals surface area contributed by atoms with Gasteiger partial charge in [0, 0.05) is 11.5 Å². The molecule has 0 N–H and O–H groups in total. The molecule has 3 nitrogen and oxygen atoms in total. The molecule has 0 bridgehead atoms. The molecule has 0 radical (unpaired) electrons. The second-order valence-corrected chi connectivity index (χ2v) is 5.32. The molecule has 112 valence electrons. The average Bonchev–Trinajstić information content (AvgIpc) is 2.61. The molecule has 1 aromatic heterocycles. The summed E-state index contributed by atoms with van der Waals surface area (Å²) in [4.78, 5) is 4.54. The van der Waals surface area contributed by atoms with E-state index in [-0.39, 0.29) is 0 Å². The van der Waals surface area contributed by atoms with Crippen LogP contribution in [-0.4, -0.2) is 12.1 Å². The summed E-state index contributed by atoms with van der Waals surface area (Å²) in [6.07, 6.45) is 0. The number of aromatic nitrogens is 1. The van der Waals surface area contributed by atoms with Crippen molar-refractivity contribution < 1.29 is 9.47 Å². The van der Waals surface area contributed by atoms with Gasteiger partial charge in [0.15, 0.2) is 0 Å². The number of methoxy groups -OCH3 is 1. The maximum atomic E-state index is 5.91. The van der Waals surface area contributed by atoms with Crippen LogP contribution in [0.1, 0.15) is 0 Å². The summed E-state index contributed by atoms with van der Waals surface area (Å²) in [5, 5.41) is 3.32. The summed E-state index contributed by atoms with van der Waals surface area (Å²) >= 11 is 0. The fourth-order valence-corrected chi connectivity index (χ4v) is 2.62. The molecule has 1 heterocycles. The van der Waals surface area contributed by atoms with Crippen LogP contribution in [0.4, 0.5) is 0 Å². The molecule has 0 spiro atoms. The predicted octanol–water partition coefficient (Wildman–Crippen LogP) is 5.19. The zero-order valence-electron chi connectivity index (χ0n) is 12.7. The third-order valence-electron chi connectivity index (χ3n) is 3.81. The Morgan fingerprint density at radius 3 is 2.22 bits per heavy atom. The third-order valence-corrected chi connectivity index (χ3v) is 3.81. The Balaban J connectivity index is 1.68. The van der Waals surface area contributed by atoms with E-state index < -0.39 is 0 Å². The topological polar surface area (TPSA) is 31.4 Å². The van der Waals surface area contributed by atoms with Crippen LogP contribution in [-0.2, 0) is 0 Å². The lowest BCUT2D eigenvalue weighted by atomic mass is 10.1. The van der Waals surface area contributed by atoms with Crippen LogP contribution in [0.5, 0.6) is 17.4 Å². The van der Waals surface area contributed by atoms with Crippen LogP contribution in [0.25, 0.3) is 21.7 Å². The summed E-state index contributed by atoms with van der Waals surface area (Å²) in [5.74, 6) is 2.21. The van der Waals surface area contributed by atoms with Crippen LogP contribution < -0.4 is 9.47 Å². The van der Waals surface area contributed by atoms with Crippen molar-refractivity contribution in [3.8, 4) is 17.4 Å². The van der Waals surface area contributed by atoms with E-state index in [1.165, 1.54) is 0 Å². The van der Waals surface area contributed by atoms with Gasteiger partial charge in [-0.15, -0.1) is 0 Å². The normalized spacial score (nSPS) is 10.8. The molecular weight excluding hydrogens is 286 g/mol. The molecule has 0 saturated heterocycles. The molecular formula is C20H15NO2. The highest BCUT2D eigenvalue weighted by Gasteiger charge is 2.03. The predicted molar refractivity (Wildman–Crippen MR) is 92.3 cm³/mol. The Kier molecular flexibility index (Phi) is 3.31. The number of benzene rings is 3. The summed E-state index contributed by atoms with van der Waals surface area (Å²) < 4.78 is 11.2. The lowest BCUT2D eigenvalue weighted by Gasteiger charge is -2.08. The van der Waals surface area contributed by atoms with Crippen molar-refractivity contribution in [1.29, 1.82) is 0 Å². The van der Waals surface area contributed by atoms with Crippen molar-refractivity contribution in [3.05, 3.63) is 72.8 Å². The molecule has 3 aromatic carbocycles. The van der Waals surface area contributed by atoms with Gasteiger partial charge in [-0.25, -0.2) is 4.98 Å². The number of ether oxygens (including phenoxy) is 2. The Hall–Kier alpha value is -3.07. The van der Waals surface area contributed by atoms with Crippen molar-refractivity contribution in [2.75, 3.05) is 7.11 Å². The van der Waals surface area contributed by atoms with Gasteiger partial charge in [0.05, 0.1) is 12.6 Å². The third kappa shape index (κ3) is 2.69. The molecule has 4 rings (SSSR count). The number of rotatable bonds is 3. The fraction of sp³-hybridized carbons (Fsp3) is 0.0500. The molecule has 0 aliphatic carbocycles. The van der Waals surface area contributed by atoms with Crippen LogP contribution >= 0.6 is 0 Å². The number of hydrogen-bond donors (Lipinski definition) is 0. The van der Waals surface area contributed by atoms with Crippen LogP contribution in [0.2, 0.25) is 0 Å². The van der Waals surface area contributed by atoms with E-state index in [1.807, 2.05) is 72.8 Å². The minimum absolute atomic E-state index is 0.594. The average molecular weight is 301 g/mol. The monoisotopic (exact) mass is 301 g/mol. The Bertz CT molecular complexity index is 995. The van der Waals surface area contributed by atoms with Gasteiger partial charge in [-0.05, 0) is 47.2 Å². The maximum Gasteiger partial charge on any atom is 0.219 e. The fourth-order valence-electron chi connectivity index (χ4n) is 2.62. The van der Waals surface area contributed by atoms with Crippen molar-refractivity contribution in [3.63, 3.8) is 0 Å². The quantitative estimate of drug-likeness (QED) is 0.522. The Morgan fingerprint density at radius 2 is 1.39 bits per heavy atom. The first-order chi connectivity index (χ1) is 11.3. The molecule has 0 fully saturated rings. The van der Waals surface area contributed by atoms with E-state index in [0.717, 1.165) is 33.2 Å². The van der Waals surface area contributed by atoms with E-state index in [1.54, 1.807) is 7.11 Å². The number of fused-ring (bicyclic) bond motifs is 2. The lowest BCUT2D eigenvalue weighted by Crippen LogP contribution is -1.89. The van der Waals surface area contributed by atoms with Gasteiger partial charge < -0.3 is 9.47 Å². The molecule has 0 unspecified atom stereocenters.